The quantitative estimate of drug-likeness (QED) is 0.825. The minimum Gasteiger partial charge on any atom is -0.378 e. The van der Waals surface area contributed by atoms with E-state index in [1.165, 1.54) is 5.56 Å². The zero-order chi connectivity index (χ0) is 12.4. The largest absolute Gasteiger partial charge is 0.378 e. The molecular formula is C12H12Br2N2S. The fourth-order valence-corrected chi connectivity index (χ4v) is 3.85. The molecule has 0 saturated heterocycles. The van der Waals surface area contributed by atoms with Crippen molar-refractivity contribution in [2.75, 3.05) is 5.32 Å². The van der Waals surface area contributed by atoms with Gasteiger partial charge in [-0.3, -0.25) is 0 Å². The van der Waals surface area contributed by atoms with Crippen LogP contribution in [0.1, 0.15) is 16.3 Å². The van der Waals surface area contributed by atoms with Crippen LogP contribution in [0.2, 0.25) is 0 Å². The average Bonchev–Trinajstić information content (AvgIpc) is 2.62. The molecule has 1 N–H and O–H groups in total. The third kappa shape index (κ3) is 3.30. The highest BCUT2D eigenvalue weighted by atomic mass is 79.9. The van der Waals surface area contributed by atoms with Crippen LogP contribution in [0.15, 0.2) is 26.5 Å². The van der Waals surface area contributed by atoms with Gasteiger partial charge in [-0.15, -0.1) is 11.3 Å². The molecular weight excluding hydrogens is 364 g/mol. The van der Waals surface area contributed by atoms with E-state index in [2.05, 4.69) is 66.6 Å². The summed E-state index contributed by atoms with van der Waals surface area (Å²) in [6.07, 6.45) is 0. The first-order valence-corrected chi connectivity index (χ1v) is 7.63. The molecule has 0 saturated carbocycles. The van der Waals surface area contributed by atoms with Crippen LogP contribution in [-0.2, 0) is 6.54 Å². The van der Waals surface area contributed by atoms with Gasteiger partial charge in [0.25, 0.3) is 0 Å². The molecule has 2 aromatic rings. The number of benzene rings is 1. The Balaban J connectivity index is 2.14. The van der Waals surface area contributed by atoms with E-state index in [1.807, 2.05) is 6.92 Å². The molecule has 0 aliphatic rings. The first-order valence-electron chi connectivity index (χ1n) is 5.17. The molecule has 1 aromatic carbocycles. The Labute approximate surface area is 122 Å². The fourth-order valence-electron chi connectivity index (χ4n) is 1.54. The van der Waals surface area contributed by atoms with Gasteiger partial charge in [-0.2, -0.15) is 0 Å². The molecule has 0 atom stereocenters. The second-order valence-electron chi connectivity index (χ2n) is 3.81. The van der Waals surface area contributed by atoms with E-state index in [0.717, 1.165) is 31.9 Å². The SMILES string of the molecule is Cc1cc(Br)c(NCc2csc(C)n2)c(Br)c1. The fraction of sp³-hybridized carbons (Fsp3) is 0.250. The molecule has 0 amide bonds. The molecule has 2 rings (SSSR count). The Morgan fingerprint density at radius 3 is 2.41 bits per heavy atom. The van der Waals surface area contributed by atoms with Gasteiger partial charge < -0.3 is 5.32 Å². The Bertz CT molecular complexity index is 514. The van der Waals surface area contributed by atoms with Crippen molar-refractivity contribution >= 4 is 48.9 Å². The summed E-state index contributed by atoms with van der Waals surface area (Å²) in [7, 11) is 0. The van der Waals surface area contributed by atoms with Crippen molar-refractivity contribution in [1.29, 1.82) is 0 Å². The lowest BCUT2D eigenvalue weighted by Crippen LogP contribution is -2.01. The van der Waals surface area contributed by atoms with Gasteiger partial charge in [0.2, 0.25) is 0 Å². The lowest BCUT2D eigenvalue weighted by Gasteiger charge is -2.10. The van der Waals surface area contributed by atoms with Gasteiger partial charge in [-0.25, -0.2) is 4.98 Å². The monoisotopic (exact) mass is 374 g/mol. The van der Waals surface area contributed by atoms with Gasteiger partial charge in [0.15, 0.2) is 0 Å². The van der Waals surface area contributed by atoms with E-state index >= 15 is 0 Å². The summed E-state index contributed by atoms with van der Waals surface area (Å²) in [4.78, 5) is 4.43. The van der Waals surface area contributed by atoms with Crippen LogP contribution in [0.25, 0.3) is 0 Å². The summed E-state index contributed by atoms with van der Waals surface area (Å²) in [6, 6.07) is 4.19. The smallest absolute Gasteiger partial charge is 0.0898 e. The zero-order valence-electron chi connectivity index (χ0n) is 9.55. The van der Waals surface area contributed by atoms with E-state index in [9.17, 15) is 0 Å². The Morgan fingerprint density at radius 1 is 1.24 bits per heavy atom. The van der Waals surface area contributed by atoms with Crippen molar-refractivity contribution in [3.63, 3.8) is 0 Å². The lowest BCUT2D eigenvalue weighted by molar-refractivity contribution is 1.05. The molecule has 0 aliphatic carbocycles. The molecule has 90 valence electrons. The Morgan fingerprint density at radius 2 is 1.88 bits per heavy atom. The van der Waals surface area contributed by atoms with Gasteiger partial charge >= 0.3 is 0 Å². The molecule has 5 heteroatoms. The number of hydrogen-bond acceptors (Lipinski definition) is 3. The number of nitrogens with one attached hydrogen (secondary N) is 1. The maximum atomic E-state index is 4.43. The predicted octanol–water partition coefficient (Wildman–Crippen LogP) is 4.90. The number of aryl methyl sites for hydroxylation is 2. The van der Waals surface area contributed by atoms with Crippen LogP contribution in [0.3, 0.4) is 0 Å². The molecule has 17 heavy (non-hydrogen) atoms. The highest BCUT2D eigenvalue weighted by Crippen LogP contribution is 2.32. The molecule has 0 radical (unpaired) electrons. The van der Waals surface area contributed by atoms with Crippen LogP contribution in [0.5, 0.6) is 0 Å². The second kappa shape index (κ2) is 5.50. The second-order valence-corrected chi connectivity index (χ2v) is 6.59. The predicted molar refractivity (Wildman–Crippen MR) is 80.8 cm³/mol. The van der Waals surface area contributed by atoms with Gasteiger partial charge in [0.1, 0.15) is 0 Å². The summed E-state index contributed by atoms with van der Waals surface area (Å²) in [6.45, 7) is 4.83. The van der Waals surface area contributed by atoms with Crippen molar-refractivity contribution in [1.82, 2.24) is 4.98 Å². The number of nitrogens with zero attached hydrogens (tertiary/aromatic N) is 1. The molecule has 0 aliphatic heterocycles. The Kier molecular flexibility index (Phi) is 4.22. The van der Waals surface area contributed by atoms with E-state index < -0.39 is 0 Å². The maximum Gasteiger partial charge on any atom is 0.0898 e. The van der Waals surface area contributed by atoms with E-state index in [0.29, 0.717) is 0 Å². The first-order chi connectivity index (χ1) is 8.06. The van der Waals surface area contributed by atoms with E-state index in [4.69, 9.17) is 0 Å². The van der Waals surface area contributed by atoms with Crippen LogP contribution in [0, 0.1) is 13.8 Å². The molecule has 2 nitrogen and oxygen atoms in total. The van der Waals surface area contributed by atoms with Crippen LogP contribution < -0.4 is 5.32 Å². The summed E-state index contributed by atoms with van der Waals surface area (Å²) < 4.78 is 2.13. The zero-order valence-corrected chi connectivity index (χ0v) is 13.5. The highest BCUT2D eigenvalue weighted by Gasteiger charge is 2.06. The molecule has 1 aromatic heterocycles. The number of halogens is 2. The minimum atomic E-state index is 0.741. The van der Waals surface area contributed by atoms with Gasteiger partial charge in [0.05, 0.1) is 22.9 Å². The normalized spacial score (nSPS) is 10.6. The topological polar surface area (TPSA) is 24.9 Å². The van der Waals surface area contributed by atoms with Crippen molar-refractivity contribution in [3.05, 3.63) is 42.7 Å². The van der Waals surface area contributed by atoms with Crippen molar-refractivity contribution in [2.24, 2.45) is 0 Å². The number of rotatable bonds is 3. The molecule has 0 unspecified atom stereocenters. The first kappa shape index (κ1) is 13.1. The highest BCUT2D eigenvalue weighted by molar-refractivity contribution is 9.11. The van der Waals surface area contributed by atoms with Crippen molar-refractivity contribution < 1.29 is 0 Å². The molecule has 0 spiro atoms. The number of hydrogen-bond donors (Lipinski definition) is 1. The molecule has 1 heterocycles. The van der Waals surface area contributed by atoms with Gasteiger partial charge in [0, 0.05) is 14.3 Å². The van der Waals surface area contributed by atoms with Gasteiger partial charge in [-0.05, 0) is 63.4 Å². The Hall–Kier alpha value is -0.390. The summed E-state index contributed by atoms with van der Waals surface area (Å²) in [5.74, 6) is 0. The van der Waals surface area contributed by atoms with E-state index in [1.54, 1.807) is 11.3 Å². The molecule has 0 fully saturated rings. The van der Waals surface area contributed by atoms with Crippen molar-refractivity contribution in [2.45, 2.75) is 20.4 Å². The number of thiazole rings is 1. The van der Waals surface area contributed by atoms with Crippen LogP contribution in [0.4, 0.5) is 5.69 Å². The summed E-state index contributed by atoms with van der Waals surface area (Å²) >= 11 is 8.81. The summed E-state index contributed by atoms with van der Waals surface area (Å²) in [5.41, 5.74) is 3.37. The third-order valence-corrected chi connectivity index (χ3v) is 4.37. The van der Waals surface area contributed by atoms with Crippen LogP contribution >= 0.6 is 43.2 Å². The standard InChI is InChI=1S/C12H12Br2N2S/c1-7-3-10(13)12(11(14)4-7)15-5-9-6-17-8(2)16-9/h3-4,6,15H,5H2,1-2H3. The molecule has 0 bridgehead atoms. The number of anilines is 1. The van der Waals surface area contributed by atoms with Gasteiger partial charge in [-0.1, -0.05) is 0 Å². The lowest BCUT2D eigenvalue weighted by atomic mass is 10.2. The maximum absolute atomic E-state index is 4.43. The van der Waals surface area contributed by atoms with Crippen molar-refractivity contribution in [3.8, 4) is 0 Å². The van der Waals surface area contributed by atoms with E-state index in [-0.39, 0.29) is 0 Å². The average molecular weight is 376 g/mol. The number of aromatic nitrogens is 1. The third-order valence-electron chi connectivity index (χ3n) is 2.30. The summed E-state index contributed by atoms with van der Waals surface area (Å²) in [5, 5.41) is 6.57. The minimum absolute atomic E-state index is 0.741. The van der Waals surface area contributed by atoms with Crippen LogP contribution in [-0.4, -0.2) is 4.98 Å².